The van der Waals surface area contributed by atoms with E-state index in [1.807, 2.05) is 6.92 Å². The summed E-state index contributed by atoms with van der Waals surface area (Å²) in [6.07, 6.45) is 1.52. The molecule has 1 saturated heterocycles. The van der Waals surface area contributed by atoms with Gasteiger partial charge in [-0.25, -0.2) is 4.79 Å². The van der Waals surface area contributed by atoms with E-state index in [4.69, 9.17) is 9.47 Å². The quantitative estimate of drug-likeness (QED) is 0.554. The molecule has 2 rings (SSSR count). The van der Waals surface area contributed by atoms with Crippen LogP contribution in [0.4, 0.5) is 0 Å². The minimum absolute atomic E-state index is 0.0194. The summed E-state index contributed by atoms with van der Waals surface area (Å²) in [5.41, 5.74) is 0.412. The minimum atomic E-state index is -0.350. The lowest BCUT2D eigenvalue weighted by Crippen LogP contribution is -2.23. The smallest absolute Gasteiger partial charge is 0.333 e. The largest absolute Gasteiger partial charge is 0.465 e. The average molecular weight is 238 g/mol. The van der Waals surface area contributed by atoms with Crippen molar-refractivity contribution in [1.82, 2.24) is 0 Å². The van der Waals surface area contributed by atoms with E-state index < -0.39 is 0 Å². The fourth-order valence-corrected chi connectivity index (χ4v) is 2.69. The maximum absolute atomic E-state index is 11.4. The van der Waals surface area contributed by atoms with Crippen LogP contribution in [-0.4, -0.2) is 24.6 Å². The molecule has 1 saturated carbocycles. The van der Waals surface area contributed by atoms with Crippen LogP contribution in [0.5, 0.6) is 0 Å². The van der Waals surface area contributed by atoms with Gasteiger partial charge in [0.05, 0.1) is 12.5 Å². The molecule has 1 aliphatic heterocycles. The SMILES string of the molecule is C=C(C)C(=O)OC(C)C1CC2COC(=O)C2C1. The molecule has 0 N–H and O–H groups in total. The first kappa shape index (κ1) is 12.1. The third kappa shape index (κ3) is 2.35. The van der Waals surface area contributed by atoms with Gasteiger partial charge in [-0.05, 0) is 32.6 Å². The van der Waals surface area contributed by atoms with Gasteiger partial charge in [-0.3, -0.25) is 4.79 Å². The Morgan fingerprint density at radius 2 is 2.24 bits per heavy atom. The zero-order chi connectivity index (χ0) is 12.6. The Bertz CT molecular complexity index is 360. The van der Waals surface area contributed by atoms with Crippen molar-refractivity contribution in [2.75, 3.05) is 6.61 Å². The van der Waals surface area contributed by atoms with Gasteiger partial charge in [-0.2, -0.15) is 0 Å². The van der Waals surface area contributed by atoms with Crippen molar-refractivity contribution in [2.24, 2.45) is 17.8 Å². The molecule has 17 heavy (non-hydrogen) atoms. The van der Waals surface area contributed by atoms with Gasteiger partial charge in [-0.15, -0.1) is 0 Å². The van der Waals surface area contributed by atoms with Gasteiger partial charge in [0.15, 0.2) is 0 Å². The van der Waals surface area contributed by atoms with Crippen LogP contribution in [0.25, 0.3) is 0 Å². The molecule has 0 amide bonds. The van der Waals surface area contributed by atoms with Crippen molar-refractivity contribution in [2.45, 2.75) is 32.8 Å². The third-order valence-electron chi connectivity index (χ3n) is 3.78. The van der Waals surface area contributed by atoms with Crippen LogP contribution in [-0.2, 0) is 19.1 Å². The Morgan fingerprint density at radius 1 is 1.53 bits per heavy atom. The van der Waals surface area contributed by atoms with E-state index in [9.17, 15) is 9.59 Å². The molecule has 1 aliphatic carbocycles. The highest BCUT2D eigenvalue weighted by Gasteiger charge is 2.46. The Hall–Kier alpha value is -1.32. The summed E-state index contributed by atoms with van der Waals surface area (Å²) in [7, 11) is 0. The molecule has 0 aromatic heterocycles. The fraction of sp³-hybridized carbons (Fsp3) is 0.692. The molecule has 0 spiro atoms. The number of hydrogen-bond acceptors (Lipinski definition) is 4. The van der Waals surface area contributed by atoms with E-state index in [-0.39, 0.29) is 29.9 Å². The molecule has 4 nitrogen and oxygen atoms in total. The van der Waals surface area contributed by atoms with Crippen LogP contribution in [0.1, 0.15) is 26.7 Å². The van der Waals surface area contributed by atoms with Crippen LogP contribution >= 0.6 is 0 Å². The van der Waals surface area contributed by atoms with E-state index in [1.54, 1.807) is 6.92 Å². The van der Waals surface area contributed by atoms with Crippen molar-refractivity contribution >= 4 is 11.9 Å². The second-order valence-corrected chi connectivity index (χ2v) is 5.12. The normalized spacial score (nSPS) is 32.8. The number of carbonyl (C=O) groups excluding carboxylic acids is 2. The van der Waals surface area contributed by atoms with Crippen LogP contribution in [0.2, 0.25) is 0 Å². The van der Waals surface area contributed by atoms with Crippen LogP contribution < -0.4 is 0 Å². The number of fused-ring (bicyclic) bond motifs is 1. The molecular weight excluding hydrogens is 220 g/mol. The first-order valence-electron chi connectivity index (χ1n) is 6.02. The van der Waals surface area contributed by atoms with Crippen molar-refractivity contribution in [1.29, 1.82) is 0 Å². The summed E-state index contributed by atoms with van der Waals surface area (Å²) >= 11 is 0. The van der Waals surface area contributed by atoms with E-state index in [2.05, 4.69) is 6.58 Å². The highest BCUT2D eigenvalue weighted by molar-refractivity contribution is 5.87. The third-order valence-corrected chi connectivity index (χ3v) is 3.78. The van der Waals surface area contributed by atoms with E-state index in [1.165, 1.54) is 0 Å². The molecule has 4 atom stereocenters. The second-order valence-electron chi connectivity index (χ2n) is 5.12. The Labute approximate surface area is 101 Å². The van der Waals surface area contributed by atoms with Crippen molar-refractivity contribution in [3.8, 4) is 0 Å². The molecule has 0 bridgehead atoms. The van der Waals surface area contributed by atoms with Gasteiger partial charge < -0.3 is 9.47 Å². The van der Waals surface area contributed by atoms with Gasteiger partial charge in [0.1, 0.15) is 6.10 Å². The first-order valence-corrected chi connectivity index (χ1v) is 6.02. The van der Waals surface area contributed by atoms with Crippen molar-refractivity contribution in [3.63, 3.8) is 0 Å². The molecule has 4 heteroatoms. The second kappa shape index (κ2) is 4.51. The topological polar surface area (TPSA) is 52.6 Å². The number of cyclic esters (lactones) is 1. The summed E-state index contributed by atoms with van der Waals surface area (Å²) in [6.45, 7) is 7.61. The zero-order valence-electron chi connectivity index (χ0n) is 10.3. The summed E-state index contributed by atoms with van der Waals surface area (Å²) in [6, 6.07) is 0. The van der Waals surface area contributed by atoms with Crippen LogP contribution in [0.3, 0.4) is 0 Å². The maximum Gasteiger partial charge on any atom is 0.333 e. The average Bonchev–Trinajstić information content (AvgIpc) is 2.81. The Kier molecular flexibility index (Phi) is 3.22. The summed E-state index contributed by atoms with van der Waals surface area (Å²) in [5.74, 6) is 0.165. The maximum atomic E-state index is 11.4. The standard InChI is InChI=1S/C13H18O4/c1-7(2)12(14)17-8(3)9-4-10-6-16-13(15)11(10)5-9/h8-11H,1,4-6H2,2-3H3. The number of rotatable bonds is 3. The molecule has 1 heterocycles. The molecule has 0 radical (unpaired) electrons. The van der Waals surface area contributed by atoms with Gasteiger partial charge in [-0.1, -0.05) is 6.58 Å². The molecule has 0 aromatic rings. The summed E-state index contributed by atoms with van der Waals surface area (Å²) < 4.78 is 10.3. The fourth-order valence-electron chi connectivity index (χ4n) is 2.69. The Morgan fingerprint density at radius 3 is 2.82 bits per heavy atom. The molecule has 2 aliphatic rings. The van der Waals surface area contributed by atoms with Gasteiger partial charge >= 0.3 is 11.9 Å². The summed E-state index contributed by atoms with van der Waals surface area (Å²) in [5, 5.41) is 0. The lowest BCUT2D eigenvalue weighted by molar-refractivity contribution is -0.146. The van der Waals surface area contributed by atoms with Crippen LogP contribution in [0, 0.1) is 17.8 Å². The molecule has 4 unspecified atom stereocenters. The molecular formula is C13H18O4. The van der Waals surface area contributed by atoms with Crippen molar-refractivity contribution in [3.05, 3.63) is 12.2 Å². The molecule has 94 valence electrons. The van der Waals surface area contributed by atoms with E-state index >= 15 is 0 Å². The van der Waals surface area contributed by atoms with Crippen LogP contribution in [0.15, 0.2) is 12.2 Å². The zero-order valence-corrected chi connectivity index (χ0v) is 10.3. The number of ether oxygens (including phenoxy) is 2. The van der Waals surface area contributed by atoms with Gasteiger partial charge in [0.25, 0.3) is 0 Å². The number of esters is 2. The molecule has 2 fully saturated rings. The minimum Gasteiger partial charge on any atom is -0.465 e. The van der Waals surface area contributed by atoms with Gasteiger partial charge in [0, 0.05) is 11.5 Å². The van der Waals surface area contributed by atoms with E-state index in [0.29, 0.717) is 18.1 Å². The van der Waals surface area contributed by atoms with E-state index in [0.717, 1.165) is 12.8 Å². The highest BCUT2D eigenvalue weighted by Crippen LogP contribution is 2.43. The predicted molar refractivity (Wildman–Crippen MR) is 61.0 cm³/mol. The Balaban J connectivity index is 1.90. The molecule has 0 aromatic carbocycles. The highest BCUT2D eigenvalue weighted by atomic mass is 16.5. The predicted octanol–water partition coefficient (Wildman–Crippen LogP) is 1.69. The lowest BCUT2D eigenvalue weighted by Gasteiger charge is -2.20. The van der Waals surface area contributed by atoms with Gasteiger partial charge in [0.2, 0.25) is 0 Å². The first-order chi connectivity index (χ1) is 7.99. The number of hydrogen-bond donors (Lipinski definition) is 0. The lowest BCUT2D eigenvalue weighted by atomic mass is 10.00. The monoisotopic (exact) mass is 238 g/mol. The summed E-state index contributed by atoms with van der Waals surface area (Å²) in [4.78, 5) is 22.8. The number of carbonyl (C=O) groups is 2. The van der Waals surface area contributed by atoms with Crippen molar-refractivity contribution < 1.29 is 19.1 Å².